The molecule has 0 saturated heterocycles. The molecule has 1 amide bonds. The van der Waals surface area contributed by atoms with Crippen molar-refractivity contribution in [3.63, 3.8) is 0 Å². The number of rotatable bonds is 4. The molecule has 19 heavy (non-hydrogen) atoms. The number of aliphatic hydroxyl groups excluding tert-OH is 2. The molecule has 1 aromatic rings. The quantitative estimate of drug-likeness (QED) is 0.650. The van der Waals surface area contributed by atoms with E-state index in [9.17, 15) is 28.2 Å². The summed E-state index contributed by atoms with van der Waals surface area (Å²) in [7, 11) is 0. The van der Waals surface area contributed by atoms with Crippen molar-refractivity contribution in [2.24, 2.45) is 5.73 Å². The van der Waals surface area contributed by atoms with E-state index in [1.165, 1.54) is 0 Å². The zero-order valence-electron chi connectivity index (χ0n) is 9.55. The number of carbonyl (C=O) groups is 1. The fraction of sp³-hybridized carbons (Fsp3) is 0.364. The second-order valence-corrected chi connectivity index (χ2v) is 3.96. The van der Waals surface area contributed by atoms with Gasteiger partial charge in [0.1, 0.15) is 11.9 Å². The van der Waals surface area contributed by atoms with Gasteiger partial charge in [-0.2, -0.15) is 13.2 Å². The molecule has 0 aromatic heterocycles. The van der Waals surface area contributed by atoms with E-state index in [1.807, 2.05) is 0 Å². The van der Waals surface area contributed by atoms with Gasteiger partial charge in [-0.05, 0) is 17.7 Å². The number of amides is 1. The lowest BCUT2D eigenvalue weighted by Crippen LogP contribution is -2.25. The summed E-state index contributed by atoms with van der Waals surface area (Å²) in [5.74, 6) is -1.89. The average molecular weight is 279 g/mol. The molecule has 0 aliphatic carbocycles. The summed E-state index contributed by atoms with van der Waals surface area (Å²) in [5, 5.41) is 28.1. The van der Waals surface area contributed by atoms with Crippen molar-refractivity contribution < 1.29 is 33.3 Å². The Hall–Kier alpha value is -1.80. The normalized spacial score (nSPS) is 15.0. The van der Waals surface area contributed by atoms with E-state index in [2.05, 4.69) is 0 Å². The van der Waals surface area contributed by atoms with Crippen LogP contribution in [0.25, 0.3) is 0 Å². The van der Waals surface area contributed by atoms with Crippen LogP contribution in [0.1, 0.15) is 23.7 Å². The number of aliphatic hydroxyl groups is 2. The minimum Gasteiger partial charge on any atom is -0.507 e. The first-order valence-electron chi connectivity index (χ1n) is 5.17. The van der Waals surface area contributed by atoms with Gasteiger partial charge in [-0.3, -0.25) is 4.79 Å². The molecule has 0 heterocycles. The zero-order chi connectivity index (χ0) is 14.8. The molecule has 0 aliphatic rings. The van der Waals surface area contributed by atoms with Crippen LogP contribution >= 0.6 is 0 Å². The first kappa shape index (κ1) is 15.3. The minimum atomic E-state index is -4.80. The highest BCUT2D eigenvalue weighted by atomic mass is 19.4. The van der Waals surface area contributed by atoms with Gasteiger partial charge in [0.25, 0.3) is 0 Å². The molecule has 1 aromatic carbocycles. The standard InChI is InChI=1S/C11H12F3NO4/c12-11(13,14)6-3-5(1-2-7(6)16)10(19)8(17)4-9(15)18/h1-3,8,10,16-17,19H,4H2,(H2,15,18). The van der Waals surface area contributed by atoms with Crippen molar-refractivity contribution in [2.75, 3.05) is 0 Å². The Balaban J connectivity index is 3.05. The molecule has 5 nitrogen and oxygen atoms in total. The second kappa shape index (κ2) is 5.45. The number of carbonyl (C=O) groups excluding carboxylic acids is 1. The van der Waals surface area contributed by atoms with E-state index in [0.29, 0.717) is 6.07 Å². The lowest BCUT2D eigenvalue weighted by Gasteiger charge is -2.18. The molecule has 0 aliphatic heterocycles. The van der Waals surface area contributed by atoms with E-state index in [-0.39, 0.29) is 5.56 Å². The number of nitrogens with two attached hydrogens (primary N) is 1. The van der Waals surface area contributed by atoms with Crippen LogP contribution in [0.2, 0.25) is 0 Å². The van der Waals surface area contributed by atoms with E-state index >= 15 is 0 Å². The third kappa shape index (κ3) is 3.83. The molecule has 0 radical (unpaired) electrons. The predicted octanol–water partition coefficient (Wildman–Crippen LogP) is 0.681. The fourth-order valence-corrected chi connectivity index (χ4v) is 1.50. The Labute approximate surface area is 106 Å². The van der Waals surface area contributed by atoms with Crippen molar-refractivity contribution in [2.45, 2.75) is 24.8 Å². The largest absolute Gasteiger partial charge is 0.507 e. The first-order chi connectivity index (χ1) is 8.62. The number of phenols is 1. The van der Waals surface area contributed by atoms with Gasteiger partial charge in [0.2, 0.25) is 5.91 Å². The van der Waals surface area contributed by atoms with Crippen LogP contribution < -0.4 is 5.73 Å². The second-order valence-electron chi connectivity index (χ2n) is 3.96. The van der Waals surface area contributed by atoms with Crippen molar-refractivity contribution in [3.8, 4) is 5.75 Å². The number of aromatic hydroxyl groups is 1. The Morgan fingerprint density at radius 1 is 1.32 bits per heavy atom. The fourth-order valence-electron chi connectivity index (χ4n) is 1.50. The molecule has 8 heteroatoms. The van der Waals surface area contributed by atoms with Gasteiger partial charge in [0.15, 0.2) is 0 Å². The van der Waals surface area contributed by atoms with Crippen LogP contribution in [-0.2, 0) is 11.0 Å². The number of benzene rings is 1. The maximum Gasteiger partial charge on any atom is 0.419 e. The number of hydrogen-bond donors (Lipinski definition) is 4. The summed E-state index contributed by atoms with van der Waals surface area (Å²) in [6, 6.07) is 2.27. The van der Waals surface area contributed by atoms with Crippen LogP contribution in [0.3, 0.4) is 0 Å². The lowest BCUT2D eigenvalue weighted by molar-refractivity contribution is -0.139. The molecule has 0 bridgehead atoms. The van der Waals surface area contributed by atoms with Gasteiger partial charge in [0.05, 0.1) is 18.1 Å². The number of primary amides is 1. The summed E-state index contributed by atoms with van der Waals surface area (Å²) in [5.41, 5.74) is 3.19. The highest BCUT2D eigenvalue weighted by Crippen LogP contribution is 2.37. The zero-order valence-corrected chi connectivity index (χ0v) is 9.55. The highest BCUT2D eigenvalue weighted by molar-refractivity contribution is 5.74. The third-order valence-corrected chi connectivity index (χ3v) is 2.44. The maximum atomic E-state index is 12.5. The maximum absolute atomic E-state index is 12.5. The van der Waals surface area contributed by atoms with Gasteiger partial charge in [-0.15, -0.1) is 0 Å². The predicted molar refractivity (Wildman–Crippen MR) is 57.9 cm³/mol. The molecular weight excluding hydrogens is 267 g/mol. The molecule has 2 atom stereocenters. The van der Waals surface area contributed by atoms with E-state index in [1.54, 1.807) is 0 Å². The number of halogens is 3. The van der Waals surface area contributed by atoms with Gasteiger partial charge >= 0.3 is 6.18 Å². The van der Waals surface area contributed by atoms with Crippen LogP contribution in [0.15, 0.2) is 18.2 Å². The minimum absolute atomic E-state index is 0.279. The average Bonchev–Trinajstić information content (AvgIpc) is 2.26. The molecule has 5 N–H and O–H groups in total. The van der Waals surface area contributed by atoms with E-state index in [4.69, 9.17) is 10.8 Å². The van der Waals surface area contributed by atoms with E-state index in [0.717, 1.165) is 12.1 Å². The van der Waals surface area contributed by atoms with Gasteiger partial charge in [-0.25, -0.2) is 0 Å². The Morgan fingerprint density at radius 3 is 2.37 bits per heavy atom. The summed E-state index contributed by atoms with van der Waals surface area (Å²) >= 11 is 0. The van der Waals surface area contributed by atoms with Crippen molar-refractivity contribution >= 4 is 5.91 Å². The molecule has 0 fully saturated rings. The monoisotopic (exact) mass is 279 g/mol. The number of phenolic OH excluding ortho intramolecular Hbond substituents is 1. The van der Waals surface area contributed by atoms with E-state index < -0.39 is 42.0 Å². The Kier molecular flexibility index (Phi) is 4.38. The summed E-state index contributed by atoms with van der Waals surface area (Å²) < 4.78 is 37.6. The molecule has 0 saturated carbocycles. The van der Waals surface area contributed by atoms with Crippen molar-refractivity contribution in [3.05, 3.63) is 29.3 Å². The number of alkyl halides is 3. The lowest BCUT2D eigenvalue weighted by atomic mass is 9.99. The molecule has 106 valence electrons. The Morgan fingerprint density at radius 2 is 1.89 bits per heavy atom. The van der Waals surface area contributed by atoms with Crippen LogP contribution in [0.5, 0.6) is 5.75 Å². The van der Waals surface area contributed by atoms with Gasteiger partial charge < -0.3 is 21.1 Å². The van der Waals surface area contributed by atoms with Gasteiger partial charge in [-0.1, -0.05) is 6.07 Å². The van der Waals surface area contributed by atoms with Crippen LogP contribution in [0, 0.1) is 0 Å². The van der Waals surface area contributed by atoms with Crippen LogP contribution in [-0.4, -0.2) is 27.3 Å². The molecule has 0 spiro atoms. The molecular formula is C11H12F3NO4. The third-order valence-electron chi connectivity index (χ3n) is 2.44. The summed E-state index contributed by atoms with van der Waals surface area (Å²) in [6.07, 6.45) is -8.73. The van der Waals surface area contributed by atoms with Crippen molar-refractivity contribution in [1.29, 1.82) is 0 Å². The highest BCUT2D eigenvalue weighted by Gasteiger charge is 2.35. The topological polar surface area (TPSA) is 104 Å². The molecule has 2 unspecified atom stereocenters. The van der Waals surface area contributed by atoms with Crippen molar-refractivity contribution in [1.82, 2.24) is 0 Å². The SMILES string of the molecule is NC(=O)CC(O)C(O)c1ccc(O)c(C(F)(F)F)c1. The summed E-state index contributed by atoms with van der Waals surface area (Å²) in [4.78, 5) is 10.6. The first-order valence-corrected chi connectivity index (χ1v) is 5.17. The van der Waals surface area contributed by atoms with Gasteiger partial charge in [0, 0.05) is 0 Å². The Bertz CT molecular complexity index is 475. The summed E-state index contributed by atoms with van der Waals surface area (Å²) in [6.45, 7) is 0. The molecule has 1 rings (SSSR count). The number of hydrogen-bond acceptors (Lipinski definition) is 4. The van der Waals surface area contributed by atoms with Crippen LogP contribution in [0.4, 0.5) is 13.2 Å². The smallest absolute Gasteiger partial charge is 0.419 e.